The fraction of sp³-hybridized carbons (Fsp3) is 0.500. The minimum Gasteiger partial charge on any atom is -0.120 e. The minimum absolute atomic E-state index is 0.847. The van der Waals surface area contributed by atoms with E-state index < -0.39 is 0 Å². The SMILES string of the molecule is C#CCC.CCCCCCc1ccccc1. The Morgan fingerprint density at radius 2 is 1.62 bits per heavy atom. The van der Waals surface area contributed by atoms with Crippen molar-refractivity contribution in [1.29, 1.82) is 0 Å². The van der Waals surface area contributed by atoms with Crippen LogP contribution in [0.2, 0.25) is 0 Å². The van der Waals surface area contributed by atoms with Crippen LogP contribution in [0, 0.1) is 12.3 Å². The molecule has 0 heterocycles. The van der Waals surface area contributed by atoms with Gasteiger partial charge in [-0.25, -0.2) is 0 Å². The highest BCUT2D eigenvalue weighted by atomic mass is 14.0. The first kappa shape index (κ1) is 14.8. The molecule has 0 fully saturated rings. The van der Waals surface area contributed by atoms with Crippen LogP contribution < -0.4 is 0 Å². The fourth-order valence-electron chi connectivity index (χ4n) is 1.40. The van der Waals surface area contributed by atoms with E-state index in [-0.39, 0.29) is 0 Å². The predicted molar refractivity (Wildman–Crippen MR) is 73.4 cm³/mol. The largest absolute Gasteiger partial charge is 0.120 e. The number of aryl methyl sites for hydroxylation is 1. The standard InChI is InChI=1S/C12H18.C4H6/c1-2-3-4-6-9-12-10-7-5-8-11-12;1-3-4-2/h5,7-8,10-11H,2-4,6,9H2,1H3;1H,4H2,2H3. The van der Waals surface area contributed by atoms with Crippen molar-refractivity contribution >= 4 is 0 Å². The molecule has 0 bridgehead atoms. The second-order valence-corrected chi connectivity index (χ2v) is 3.85. The number of unbranched alkanes of at least 4 members (excludes halogenated alkanes) is 3. The number of terminal acetylenes is 1. The first-order chi connectivity index (χ1) is 7.85. The highest BCUT2D eigenvalue weighted by Crippen LogP contribution is 2.06. The quantitative estimate of drug-likeness (QED) is 0.488. The summed E-state index contributed by atoms with van der Waals surface area (Å²) in [5, 5.41) is 0. The molecule has 0 saturated carbocycles. The lowest BCUT2D eigenvalue weighted by atomic mass is 10.1. The molecule has 0 N–H and O–H groups in total. The van der Waals surface area contributed by atoms with Crippen LogP contribution in [0.15, 0.2) is 30.3 Å². The molecule has 16 heavy (non-hydrogen) atoms. The van der Waals surface area contributed by atoms with Crippen LogP contribution in [0.25, 0.3) is 0 Å². The molecule has 1 aromatic carbocycles. The smallest absolute Gasteiger partial charge is 0.00576 e. The van der Waals surface area contributed by atoms with Gasteiger partial charge in [0.05, 0.1) is 0 Å². The molecule has 0 spiro atoms. The van der Waals surface area contributed by atoms with Crippen molar-refractivity contribution in [3.05, 3.63) is 35.9 Å². The van der Waals surface area contributed by atoms with Gasteiger partial charge in [0, 0.05) is 6.42 Å². The maximum absolute atomic E-state index is 4.78. The van der Waals surface area contributed by atoms with Crippen LogP contribution in [0.1, 0.15) is 51.5 Å². The maximum Gasteiger partial charge on any atom is 0.00576 e. The summed E-state index contributed by atoms with van der Waals surface area (Å²) in [7, 11) is 0. The Morgan fingerprint density at radius 1 is 1.00 bits per heavy atom. The molecular formula is C16H24. The molecule has 1 aromatic rings. The lowest BCUT2D eigenvalue weighted by Gasteiger charge is -1.99. The van der Waals surface area contributed by atoms with Crippen LogP contribution in [0.5, 0.6) is 0 Å². The normalized spacial score (nSPS) is 8.81. The molecular weight excluding hydrogens is 192 g/mol. The van der Waals surface area contributed by atoms with Crippen LogP contribution in [-0.2, 0) is 6.42 Å². The van der Waals surface area contributed by atoms with Crippen molar-refractivity contribution in [2.75, 3.05) is 0 Å². The highest BCUT2D eigenvalue weighted by Gasteiger charge is 1.90. The summed E-state index contributed by atoms with van der Waals surface area (Å²) in [6.45, 7) is 4.20. The summed E-state index contributed by atoms with van der Waals surface area (Å²) in [6.07, 6.45) is 12.3. The summed E-state index contributed by atoms with van der Waals surface area (Å²) >= 11 is 0. The number of hydrogen-bond donors (Lipinski definition) is 0. The average molecular weight is 216 g/mol. The van der Waals surface area contributed by atoms with Gasteiger partial charge in [-0.3, -0.25) is 0 Å². The third-order valence-corrected chi connectivity index (χ3v) is 2.37. The zero-order chi connectivity index (χ0) is 12.1. The maximum atomic E-state index is 4.78. The van der Waals surface area contributed by atoms with E-state index in [1.807, 2.05) is 6.92 Å². The molecule has 0 aliphatic heterocycles. The molecule has 0 aliphatic rings. The molecule has 0 aromatic heterocycles. The van der Waals surface area contributed by atoms with Crippen LogP contribution >= 0.6 is 0 Å². The second kappa shape index (κ2) is 11.9. The fourth-order valence-corrected chi connectivity index (χ4v) is 1.40. The van der Waals surface area contributed by atoms with Crippen molar-refractivity contribution < 1.29 is 0 Å². The summed E-state index contributed by atoms with van der Waals surface area (Å²) < 4.78 is 0. The Balaban J connectivity index is 0.000000487. The van der Waals surface area contributed by atoms with Gasteiger partial charge >= 0.3 is 0 Å². The lowest BCUT2D eigenvalue weighted by Crippen LogP contribution is -1.84. The summed E-state index contributed by atoms with van der Waals surface area (Å²) in [5.74, 6) is 2.43. The number of hydrogen-bond acceptors (Lipinski definition) is 0. The Hall–Kier alpha value is -1.22. The molecule has 0 amide bonds. The van der Waals surface area contributed by atoms with E-state index in [0.717, 1.165) is 6.42 Å². The first-order valence-corrected chi connectivity index (χ1v) is 6.32. The minimum atomic E-state index is 0.847. The van der Waals surface area contributed by atoms with Gasteiger partial charge < -0.3 is 0 Å². The van der Waals surface area contributed by atoms with E-state index in [9.17, 15) is 0 Å². The summed E-state index contributed by atoms with van der Waals surface area (Å²) in [4.78, 5) is 0. The van der Waals surface area contributed by atoms with Gasteiger partial charge in [0.15, 0.2) is 0 Å². The van der Waals surface area contributed by atoms with E-state index in [1.54, 1.807) is 0 Å². The van der Waals surface area contributed by atoms with E-state index in [4.69, 9.17) is 6.42 Å². The van der Waals surface area contributed by atoms with E-state index in [1.165, 1.54) is 37.7 Å². The predicted octanol–water partition coefficient (Wildman–Crippen LogP) is 4.84. The van der Waals surface area contributed by atoms with Crippen molar-refractivity contribution in [3.63, 3.8) is 0 Å². The van der Waals surface area contributed by atoms with Gasteiger partial charge in [-0.2, -0.15) is 0 Å². The Morgan fingerprint density at radius 3 is 2.12 bits per heavy atom. The number of benzene rings is 1. The van der Waals surface area contributed by atoms with Gasteiger partial charge in [0.25, 0.3) is 0 Å². The molecule has 1 rings (SSSR count). The van der Waals surface area contributed by atoms with Gasteiger partial charge in [-0.05, 0) is 18.4 Å². The van der Waals surface area contributed by atoms with Crippen LogP contribution in [0.3, 0.4) is 0 Å². The Kier molecular flexibility index (Phi) is 10.9. The molecule has 0 radical (unpaired) electrons. The molecule has 0 atom stereocenters. The second-order valence-electron chi connectivity index (χ2n) is 3.85. The lowest BCUT2D eigenvalue weighted by molar-refractivity contribution is 0.667. The molecule has 0 aliphatic carbocycles. The molecule has 0 saturated heterocycles. The third-order valence-electron chi connectivity index (χ3n) is 2.37. The molecule has 0 unspecified atom stereocenters. The topological polar surface area (TPSA) is 0 Å². The average Bonchev–Trinajstić information content (AvgIpc) is 2.36. The van der Waals surface area contributed by atoms with E-state index in [2.05, 4.69) is 43.2 Å². The van der Waals surface area contributed by atoms with Gasteiger partial charge in [-0.15, -0.1) is 12.3 Å². The zero-order valence-corrected chi connectivity index (χ0v) is 10.7. The monoisotopic (exact) mass is 216 g/mol. The van der Waals surface area contributed by atoms with Crippen molar-refractivity contribution in [1.82, 2.24) is 0 Å². The molecule has 0 nitrogen and oxygen atoms in total. The van der Waals surface area contributed by atoms with E-state index >= 15 is 0 Å². The number of rotatable bonds is 5. The highest BCUT2D eigenvalue weighted by molar-refractivity contribution is 5.14. The van der Waals surface area contributed by atoms with Gasteiger partial charge in [0.2, 0.25) is 0 Å². The summed E-state index contributed by atoms with van der Waals surface area (Å²) in [5.41, 5.74) is 1.48. The molecule has 0 heteroatoms. The first-order valence-electron chi connectivity index (χ1n) is 6.32. The third kappa shape index (κ3) is 9.34. The summed E-state index contributed by atoms with van der Waals surface area (Å²) in [6, 6.07) is 10.7. The Bertz CT molecular complexity index is 266. The van der Waals surface area contributed by atoms with Crippen LogP contribution in [0.4, 0.5) is 0 Å². The van der Waals surface area contributed by atoms with Crippen molar-refractivity contribution in [2.24, 2.45) is 0 Å². The van der Waals surface area contributed by atoms with Gasteiger partial charge in [-0.1, -0.05) is 63.4 Å². The zero-order valence-electron chi connectivity index (χ0n) is 10.7. The van der Waals surface area contributed by atoms with Gasteiger partial charge in [0.1, 0.15) is 0 Å². The van der Waals surface area contributed by atoms with Crippen molar-refractivity contribution in [3.8, 4) is 12.3 Å². The Labute approximate surface area is 101 Å². The van der Waals surface area contributed by atoms with E-state index in [0.29, 0.717) is 0 Å². The van der Waals surface area contributed by atoms with Crippen molar-refractivity contribution in [2.45, 2.75) is 52.4 Å². The van der Waals surface area contributed by atoms with Crippen LogP contribution in [-0.4, -0.2) is 0 Å². The molecule has 88 valence electrons.